The summed E-state index contributed by atoms with van der Waals surface area (Å²) in [7, 11) is -4.21. The van der Waals surface area contributed by atoms with E-state index >= 15 is 0 Å². The first-order valence-corrected chi connectivity index (χ1v) is 16.7. The number of carbonyl (C=O) groups is 2. The van der Waals surface area contributed by atoms with Crippen LogP contribution in [0.4, 0.5) is 5.69 Å². The van der Waals surface area contributed by atoms with Gasteiger partial charge >= 0.3 is 0 Å². The van der Waals surface area contributed by atoms with Crippen molar-refractivity contribution in [3.8, 4) is 0 Å². The third-order valence-electron chi connectivity index (χ3n) is 6.83. The van der Waals surface area contributed by atoms with Crippen LogP contribution in [0.2, 0.25) is 15.1 Å². The third-order valence-corrected chi connectivity index (χ3v) is 9.61. The lowest BCUT2D eigenvalue weighted by atomic mass is 10.0. The average Bonchev–Trinajstić information content (AvgIpc) is 3.00. The second-order valence-corrected chi connectivity index (χ2v) is 14.6. The van der Waals surface area contributed by atoms with E-state index in [1.54, 1.807) is 48.5 Å². The minimum absolute atomic E-state index is 0.00935. The zero-order valence-corrected chi connectivity index (χ0v) is 28.2. The molecule has 0 aliphatic carbocycles. The molecule has 0 spiro atoms. The number of anilines is 1. The number of hydrogen-bond acceptors (Lipinski definition) is 4. The monoisotopic (exact) mass is 685 g/mol. The molecule has 0 bridgehead atoms. The zero-order chi connectivity index (χ0) is 32.8. The van der Waals surface area contributed by atoms with Crippen LogP contribution in [0.25, 0.3) is 0 Å². The lowest BCUT2D eigenvalue weighted by Gasteiger charge is -2.35. The smallest absolute Gasteiger partial charge is 0.264 e. The molecule has 1 N–H and O–H groups in total. The summed E-state index contributed by atoms with van der Waals surface area (Å²) < 4.78 is 29.1. The first-order valence-electron chi connectivity index (χ1n) is 14.2. The molecule has 1 atom stereocenters. The molecule has 1 unspecified atom stereocenters. The Labute approximate surface area is 279 Å². The Morgan fingerprint density at radius 1 is 0.778 bits per heavy atom. The van der Waals surface area contributed by atoms with Crippen LogP contribution >= 0.6 is 34.8 Å². The Morgan fingerprint density at radius 2 is 1.38 bits per heavy atom. The maximum Gasteiger partial charge on any atom is 0.264 e. The SMILES string of the molecule is CC(C)(C)NC(=O)C(Cc1ccccc1)N(Cc1ccc(Cl)c(Cl)c1)C(=O)CN(c1ccc(Cl)cc1)S(=O)(=O)c1ccccc1. The van der Waals surface area contributed by atoms with Gasteiger partial charge < -0.3 is 10.2 Å². The first-order chi connectivity index (χ1) is 21.2. The molecule has 0 heterocycles. The van der Waals surface area contributed by atoms with Gasteiger partial charge in [-0.3, -0.25) is 13.9 Å². The molecule has 0 radical (unpaired) electrons. The van der Waals surface area contributed by atoms with Gasteiger partial charge in [0.25, 0.3) is 10.0 Å². The van der Waals surface area contributed by atoms with Gasteiger partial charge in [0.15, 0.2) is 0 Å². The highest BCUT2D eigenvalue weighted by Crippen LogP contribution is 2.28. The number of amides is 2. The first kappa shape index (κ1) is 34.3. The number of hydrogen-bond donors (Lipinski definition) is 1. The Bertz CT molecular complexity index is 1730. The summed E-state index contributed by atoms with van der Waals surface area (Å²) in [5, 5.41) is 4.04. The van der Waals surface area contributed by atoms with Gasteiger partial charge in [-0.25, -0.2) is 8.42 Å². The summed E-state index contributed by atoms with van der Waals surface area (Å²) in [4.78, 5) is 29.8. The molecule has 7 nitrogen and oxygen atoms in total. The van der Waals surface area contributed by atoms with E-state index < -0.39 is 34.1 Å². The molecule has 4 aromatic carbocycles. The summed E-state index contributed by atoms with van der Waals surface area (Å²) in [5.74, 6) is -0.982. The van der Waals surface area contributed by atoms with Gasteiger partial charge in [-0.05, 0) is 80.4 Å². The third kappa shape index (κ3) is 9.23. The number of carbonyl (C=O) groups excluding carboxylic acids is 2. The minimum Gasteiger partial charge on any atom is -0.350 e. The van der Waals surface area contributed by atoms with Crippen molar-refractivity contribution in [1.29, 1.82) is 0 Å². The summed E-state index contributed by atoms with van der Waals surface area (Å²) in [6.45, 7) is 4.93. The van der Waals surface area contributed by atoms with Crippen molar-refractivity contribution in [2.75, 3.05) is 10.8 Å². The van der Waals surface area contributed by atoms with Gasteiger partial charge in [0, 0.05) is 23.5 Å². The van der Waals surface area contributed by atoms with Gasteiger partial charge in [-0.2, -0.15) is 0 Å². The van der Waals surface area contributed by atoms with Gasteiger partial charge in [0.05, 0.1) is 20.6 Å². The Balaban J connectivity index is 1.82. The number of benzene rings is 4. The lowest BCUT2D eigenvalue weighted by Crippen LogP contribution is -2.56. The van der Waals surface area contributed by atoms with Crippen molar-refractivity contribution in [2.45, 2.75) is 50.2 Å². The minimum atomic E-state index is -4.21. The molecule has 45 heavy (non-hydrogen) atoms. The second-order valence-electron chi connectivity index (χ2n) is 11.5. The molecule has 0 aliphatic rings. The molecule has 236 valence electrons. The van der Waals surface area contributed by atoms with E-state index in [2.05, 4.69) is 5.32 Å². The van der Waals surface area contributed by atoms with Crippen LogP contribution in [-0.2, 0) is 32.6 Å². The van der Waals surface area contributed by atoms with Gasteiger partial charge in [-0.15, -0.1) is 0 Å². The standard InChI is InChI=1S/C34H34Cl3N3O4S/c1-34(2,3)38-33(42)31(21-24-10-6-4-7-11-24)39(22-25-14-19-29(36)30(37)20-25)32(41)23-40(27-17-15-26(35)16-18-27)45(43,44)28-12-8-5-9-13-28/h4-20,31H,21-23H2,1-3H3,(H,38,42). The molecule has 0 aliphatic heterocycles. The van der Waals surface area contributed by atoms with Crippen molar-refractivity contribution < 1.29 is 18.0 Å². The Kier molecular flexibility index (Phi) is 11.2. The summed E-state index contributed by atoms with van der Waals surface area (Å²) in [5.41, 5.74) is 1.08. The van der Waals surface area contributed by atoms with Crippen LogP contribution in [0.15, 0.2) is 108 Å². The fourth-order valence-corrected chi connectivity index (χ4v) is 6.58. The van der Waals surface area contributed by atoms with Crippen molar-refractivity contribution in [3.05, 3.63) is 129 Å². The van der Waals surface area contributed by atoms with Crippen LogP contribution in [0.1, 0.15) is 31.9 Å². The predicted molar refractivity (Wildman–Crippen MR) is 181 cm³/mol. The second kappa shape index (κ2) is 14.7. The van der Waals surface area contributed by atoms with Crippen LogP contribution < -0.4 is 9.62 Å². The van der Waals surface area contributed by atoms with Crippen LogP contribution in [0.5, 0.6) is 0 Å². The largest absolute Gasteiger partial charge is 0.350 e. The molecule has 11 heteroatoms. The molecule has 2 amide bonds. The van der Waals surface area contributed by atoms with Crippen molar-refractivity contribution in [1.82, 2.24) is 10.2 Å². The molecule has 4 aromatic rings. The maximum atomic E-state index is 14.5. The van der Waals surface area contributed by atoms with Gasteiger partial charge in [-0.1, -0.05) is 89.4 Å². The van der Waals surface area contributed by atoms with Crippen LogP contribution in [-0.4, -0.2) is 43.3 Å². The van der Waals surface area contributed by atoms with Crippen molar-refractivity contribution >= 4 is 62.3 Å². The van der Waals surface area contributed by atoms with Crippen LogP contribution in [0, 0.1) is 0 Å². The topological polar surface area (TPSA) is 86.8 Å². The molecule has 4 rings (SSSR count). The summed E-state index contributed by atoms with van der Waals surface area (Å²) >= 11 is 18.6. The lowest BCUT2D eigenvalue weighted by molar-refractivity contribution is -0.140. The highest BCUT2D eigenvalue weighted by molar-refractivity contribution is 7.92. The quantitative estimate of drug-likeness (QED) is 0.178. The number of sulfonamides is 1. The summed E-state index contributed by atoms with van der Waals surface area (Å²) in [6.07, 6.45) is 0.183. The average molecular weight is 687 g/mol. The maximum absolute atomic E-state index is 14.5. The van der Waals surface area contributed by atoms with E-state index in [4.69, 9.17) is 34.8 Å². The number of nitrogens with zero attached hydrogens (tertiary/aromatic N) is 2. The zero-order valence-electron chi connectivity index (χ0n) is 25.1. The number of halogens is 3. The summed E-state index contributed by atoms with van der Waals surface area (Å²) in [6, 6.07) is 27.3. The highest BCUT2D eigenvalue weighted by atomic mass is 35.5. The highest BCUT2D eigenvalue weighted by Gasteiger charge is 2.35. The fourth-order valence-electron chi connectivity index (χ4n) is 4.70. The predicted octanol–water partition coefficient (Wildman–Crippen LogP) is 7.40. The molecule has 0 saturated heterocycles. The van der Waals surface area contributed by atoms with E-state index in [1.807, 2.05) is 51.1 Å². The van der Waals surface area contributed by atoms with Crippen LogP contribution in [0.3, 0.4) is 0 Å². The molecular weight excluding hydrogens is 653 g/mol. The molecule has 0 aromatic heterocycles. The van der Waals surface area contributed by atoms with E-state index in [9.17, 15) is 18.0 Å². The van der Waals surface area contributed by atoms with E-state index in [-0.39, 0.29) is 34.5 Å². The van der Waals surface area contributed by atoms with E-state index in [0.717, 1.165) is 9.87 Å². The molecular formula is C34H34Cl3N3O4S. The Morgan fingerprint density at radius 3 is 1.96 bits per heavy atom. The fraction of sp³-hybridized carbons (Fsp3) is 0.235. The van der Waals surface area contributed by atoms with Crippen molar-refractivity contribution in [3.63, 3.8) is 0 Å². The molecule has 0 fully saturated rings. The normalized spacial score (nSPS) is 12.3. The van der Waals surface area contributed by atoms with E-state index in [1.165, 1.54) is 29.2 Å². The van der Waals surface area contributed by atoms with Gasteiger partial charge in [0.2, 0.25) is 11.8 Å². The van der Waals surface area contributed by atoms with Gasteiger partial charge in [0.1, 0.15) is 12.6 Å². The number of rotatable bonds is 11. The molecule has 0 saturated carbocycles. The number of nitrogens with one attached hydrogen (secondary N) is 1. The Hall–Kier alpha value is -3.56. The van der Waals surface area contributed by atoms with Crippen molar-refractivity contribution in [2.24, 2.45) is 0 Å². The van der Waals surface area contributed by atoms with E-state index in [0.29, 0.717) is 15.6 Å².